The maximum absolute atomic E-state index is 5.95. The van der Waals surface area contributed by atoms with Crippen molar-refractivity contribution in [3.63, 3.8) is 0 Å². The maximum atomic E-state index is 5.95. The van der Waals surface area contributed by atoms with Gasteiger partial charge in [-0.1, -0.05) is 17.7 Å². The van der Waals surface area contributed by atoms with E-state index in [2.05, 4.69) is 47.7 Å². The summed E-state index contributed by atoms with van der Waals surface area (Å²) in [5.41, 5.74) is 8.82. The molecule has 1 saturated carbocycles. The Kier molecular flexibility index (Phi) is 3.12. The van der Waals surface area contributed by atoms with Crippen molar-refractivity contribution >= 4 is 22.6 Å². The number of nitrogens with two attached hydrogens (primary N) is 1. The van der Waals surface area contributed by atoms with Gasteiger partial charge in [0, 0.05) is 9.61 Å². The Morgan fingerprint density at radius 3 is 2.79 bits per heavy atom. The average Bonchev–Trinajstić information content (AvgIpc) is 2.56. The highest BCUT2D eigenvalue weighted by atomic mass is 127. The third-order valence-corrected chi connectivity index (χ3v) is 4.05. The molecule has 2 rings (SSSR count). The molecule has 2 unspecified atom stereocenters. The Balaban J connectivity index is 2.27. The Labute approximate surface area is 99.2 Å². The predicted octanol–water partition coefficient (Wildman–Crippen LogP) is 3.19. The van der Waals surface area contributed by atoms with E-state index in [0.717, 1.165) is 0 Å². The van der Waals surface area contributed by atoms with Crippen molar-refractivity contribution in [1.82, 2.24) is 0 Å². The number of halogens is 1. The molecule has 2 N–H and O–H groups in total. The first kappa shape index (κ1) is 10.4. The van der Waals surface area contributed by atoms with Crippen molar-refractivity contribution in [1.29, 1.82) is 0 Å². The van der Waals surface area contributed by atoms with Crippen LogP contribution in [0.25, 0.3) is 0 Å². The molecular formula is C12H16IN. The van der Waals surface area contributed by atoms with E-state index in [9.17, 15) is 0 Å². The molecule has 0 aromatic heterocycles. The highest BCUT2D eigenvalue weighted by Gasteiger charge is 2.24. The van der Waals surface area contributed by atoms with Gasteiger partial charge in [0.15, 0.2) is 0 Å². The van der Waals surface area contributed by atoms with E-state index in [1.54, 1.807) is 0 Å². The van der Waals surface area contributed by atoms with Gasteiger partial charge in [-0.2, -0.15) is 0 Å². The molecule has 2 heteroatoms. The minimum Gasteiger partial charge on any atom is -0.328 e. The van der Waals surface area contributed by atoms with Crippen LogP contribution in [0.1, 0.15) is 36.3 Å². The van der Waals surface area contributed by atoms with Crippen LogP contribution < -0.4 is 5.73 Å². The summed E-state index contributed by atoms with van der Waals surface area (Å²) in [6.07, 6.45) is 3.62. The standard InChI is InChI=1S/C12H16IN/c1-8-2-5-12(13)11(6-8)9-3-4-10(14)7-9/h2,5-6,9-10H,3-4,7,14H2,1H3. The number of aryl methyl sites for hydroxylation is 1. The summed E-state index contributed by atoms with van der Waals surface area (Å²) in [7, 11) is 0. The van der Waals surface area contributed by atoms with Crippen LogP contribution in [0.4, 0.5) is 0 Å². The topological polar surface area (TPSA) is 26.0 Å². The Bertz CT molecular complexity index is 335. The van der Waals surface area contributed by atoms with Crippen molar-refractivity contribution in [2.45, 2.75) is 38.1 Å². The molecule has 0 heterocycles. The van der Waals surface area contributed by atoms with E-state index in [-0.39, 0.29) is 0 Å². The SMILES string of the molecule is Cc1ccc(I)c(C2CCC(N)C2)c1. The molecule has 76 valence electrons. The lowest BCUT2D eigenvalue weighted by Crippen LogP contribution is -2.14. The van der Waals surface area contributed by atoms with Crippen LogP contribution in [-0.2, 0) is 0 Å². The van der Waals surface area contributed by atoms with Crippen molar-refractivity contribution in [2.24, 2.45) is 5.73 Å². The fourth-order valence-corrected chi connectivity index (χ4v) is 3.05. The molecule has 0 aliphatic heterocycles. The van der Waals surface area contributed by atoms with Crippen molar-refractivity contribution in [3.05, 3.63) is 32.9 Å². The molecule has 1 aromatic carbocycles. The summed E-state index contributed by atoms with van der Waals surface area (Å²) in [6, 6.07) is 7.15. The molecule has 0 saturated heterocycles. The van der Waals surface area contributed by atoms with Crippen molar-refractivity contribution in [2.75, 3.05) is 0 Å². The zero-order valence-corrected chi connectivity index (χ0v) is 10.6. The van der Waals surface area contributed by atoms with Gasteiger partial charge < -0.3 is 5.73 Å². The van der Waals surface area contributed by atoms with Gasteiger partial charge in [0.2, 0.25) is 0 Å². The minimum absolute atomic E-state index is 0.427. The van der Waals surface area contributed by atoms with E-state index in [1.165, 1.54) is 34.0 Å². The van der Waals surface area contributed by atoms with E-state index in [0.29, 0.717) is 12.0 Å². The lowest BCUT2D eigenvalue weighted by molar-refractivity contribution is 0.672. The zero-order chi connectivity index (χ0) is 10.1. The van der Waals surface area contributed by atoms with Crippen LogP contribution in [0, 0.1) is 10.5 Å². The third kappa shape index (κ3) is 2.11. The number of rotatable bonds is 1. The van der Waals surface area contributed by atoms with Crippen molar-refractivity contribution in [3.8, 4) is 0 Å². The maximum Gasteiger partial charge on any atom is 0.0165 e. The molecule has 1 aromatic rings. The molecule has 0 bridgehead atoms. The van der Waals surface area contributed by atoms with E-state index in [4.69, 9.17) is 5.73 Å². The first-order valence-corrected chi connectivity index (χ1v) is 6.26. The fraction of sp³-hybridized carbons (Fsp3) is 0.500. The number of hydrogen-bond donors (Lipinski definition) is 1. The van der Waals surface area contributed by atoms with Gasteiger partial charge in [0.25, 0.3) is 0 Å². The molecule has 2 atom stereocenters. The van der Waals surface area contributed by atoms with Gasteiger partial charge in [-0.15, -0.1) is 0 Å². The highest BCUT2D eigenvalue weighted by Crippen LogP contribution is 2.36. The molecule has 0 amide bonds. The summed E-state index contributed by atoms with van der Waals surface area (Å²) in [5, 5.41) is 0. The lowest BCUT2D eigenvalue weighted by Gasteiger charge is -2.13. The van der Waals surface area contributed by atoms with Crippen LogP contribution >= 0.6 is 22.6 Å². The Morgan fingerprint density at radius 2 is 2.14 bits per heavy atom. The Hall–Kier alpha value is -0.0900. The van der Waals surface area contributed by atoms with E-state index < -0.39 is 0 Å². The van der Waals surface area contributed by atoms with Crippen LogP contribution in [-0.4, -0.2) is 6.04 Å². The summed E-state index contributed by atoms with van der Waals surface area (Å²) >= 11 is 2.43. The summed E-state index contributed by atoms with van der Waals surface area (Å²) in [6.45, 7) is 2.16. The van der Waals surface area contributed by atoms with Gasteiger partial charge in [0.1, 0.15) is 0 Å². The quantitative estimate of drug-likeness (QED) is 0.792. The van der Waals surface area contributed by atoms with Gasteiger partial charge in [-0.05, 0) is 66.3 Å². The second kappa shape index (κ2) is 4.19. The zero-order valence-electron chi connectivity index (χ0n) is 8.46. The highest BCUT2D eigenvalue weighted by molar-refractivity contribution is 14.1. The van der Waals surface area contributed by atoms with Gasteiger partial charge >= 0.3 is 0 Å². The number of hydrogen-bond acceptors (Lipinski definition) is 1. The predicted molar refractivity (Wildman–Crippen MR) is 68.5 cm³/mol. The summed E-state index contributed by atoms with van der Waals surface area (Å²) in [4.78, 5) is 0. The summed E-state index contributed by atoms with van der Waals surface area (Å²) in [5.74, 6) is 0.705. The van der Waals surface area contributed by atoms with E-state index >= 15 is 0 Å². The van der Waals surface area contributed by atoms with Gasteiger partial charge in [-0.25, -0.2) is 0 Å². The third-order valence-electron chi connectivity index (χ3n) is 3.06. The van der Waals surface area contributed by atoms with Gasteiger partial charge in [-0.3, -0.25) is 0 Å². The fourth-order valence-electron chi connectivity index (χ4n) is 2.27. The average molecular weight is 301 g/mol. The van der Waals surface area contributed by atoms with Crippen molar-refractivity contribution < 1.29 is 0 Å². The normalized spacial score (nSPS) is 26.8. The lowest BCUT2D eigenvalue weighted by atomic mass is 9.96. The van der Waals surface area contributed by atoms with Crippen LogP contribution in [0.15, 0.2) is 18.2 Å². The summed E-state index contributed by atoms with van der Waals surface area (Å²) < 4.78 is 1.40. The van der Waals surface area contributed by atoms with Crippen LogP contribution in [0.3, 0.4) is 0 Å². The van der Waals surface area contributed by atoms with E-state index in [1.807, 2.05) is 0 Å². The first-order chi connectivity index (χ1) is 6.66. The molecule has 1 aliphatic rings. The number of benzene rings is 1. The molecular weight excluding hydrogens is 285 g/mol. The smallest absolute Gasteiger partial charge is 0.0165 e. The Morgan fingerprint density at radius 1 is 1.36 bits per heavy atom. The van der Waals surface area contributed by atoms with Gasteiger partial charge in [0.05, 0.1) is 0 Å². The minimum atomic E-state index is 0.427. The second-order valence-corrected chi connectivity index (χ2v) is 5.46. The monoisotopic (exact) mass is 301 g/mol. The molecule has 1 nitrogen and oxygen atoms in total. The molecule has 0 spiro atoms. The molecule has 1 fully saturated rings. The van der Waals surface area contributed by atoms with Crippen LogP contribution in [0.2, 0.25) is 0 Å². The largest absolute Gasteiger partial charge is 0.328 e. The molecule has 1 aliphatic carbocycles. The molecule has 0 radical (unpaired) electrons. The second-order valence-electron chi connectivity index (χ2n) is 4.30. The van der Waals surface area contributed by atoms with Crippen LogP contribution in [0.5, 0.6) is 0 Å². The first-order valence-electron chi connectivity index (χ1n) is 5.18. The molecule has 14 heavy (non-hydrogen) atoms.